The first-order chi connectivity index (χ1) is 8.46. The zero-order chi connectivity index (χ0) is 13.2. The van der Waals surface area contributed by atoms with Gasteiger partial charge in [-0.05, 0) is 17.5 Å². The number of hydrogen-bond donors (Lipinski definition) is 2. The standard InChI is InChI=1S/C15H21N3/c1-15(2,3)10-17-9-11-8-13(16)12-6-4-5-7-14(12)18-11/h4-8,17H,9-10H2,1-3H3,(H2,16,18). The third-order valence-electron chi connectivity index (χ3n) is 2.76. The molecule has 0 saturated carbocycles. The first-order valence-electron chi connectivity index (χ1n) is 6.30. The summed E-state index contributed by atoms with van der Waals surface area (Å²) >= 11 is 0. The molecule has 0 aliphatic rings. The molecule has 0 amide bonds. The van der Waals surface area contributed by atoms with E-state index in [1.165, 1.54) is 0 Å². The molecule has 1 heterocycles. The van der Waals surface area contributed by atoms with Crippen LogP contribution in [0.5, 0.6) is 0 Å². The first-order valence-corrected chi connectivity index (χ1v) is 6.30. The van der Waals surface area contributed by atoms with E-state index in [0.717, 1.165) is 35.4 Å². The van der Waals surface area contributed by atoms with Crippen molar-refractivity contribution >= 4 is 16.6 Å². The molecule has 3 N–H and O–H groups in total. The van der Waals surface area contributed by atoms with Crippen LogP contribution in [0.1, 0.15) is 26.5 Å². The maximum Gasteiger partial charge on any atom is 0.0726 e. The van der Waals surface area contributed by atoms with E-state index < -0.39 is 0 Å². The van der Waals surface area contributed by atoms with Crippen LogP contribution in [-0.2, 0) is 6.54 Å². The lowest BCUT2D eigenvalue weighted by atomic mass is 9.97. The molecule has 1 aromatic carbocycles. The summed E-state index contributed by atoms with van der Waals surface area (Å²) in [6.45, 7) is 8.35. The lowest BCUT2D eigenvalue weighted by Gasteiger charge is -2.18. The minimum Gasteiger partial charge on any atom is -0.398 e. The number of nitrogen functional groups attached to an aromatic ring is 1. The highest BCUT2D eigenvalue weighted by Gasteiger charge is 2.09. The van der Waals surface area contributed by atoms with E-state index in [4.69, 9.17) is 5.73 Å². The minimum absolute atomic E-state index is 0.280. The average Bonchev–Trinajstić information content (AvgIpc) is 2.27. The number of nitrogens with two attached hydrogens (primary N) is 1. The molecule has 3 nitrogen and oxygen atoms in total. The monoisotopic (exact) mass is 243 g/mol. The molecule has 0 aliphatic heterocycles. The lowest BCUT2D eigenvalue weighted by molar-refractivity contribution is 0.378. The molecule has 2 aromatic rings. The molecule has 1 aromatic heterocycles. The Hall–Kier alpha value is -1.61. The summed E-state index contributed by atoms with van der Waals surface area (Å²) in [6.07, 6.45) is 0. The zero-order valence-electron chi connectivity index (χ0n) is 11.3. The summed E-state index contributed by atoms with van der Waals surface area (Å²) < 4.78 is 0. The highest BCUT2D eigenvalue weighted by atomic mass is 14.9. The van der Waals surface area contributed by atoms with Gasteiger partial charge in [0.15, 0.2) is 0 Å². The zero-order valence-corrected chi connectivity index (χ0v) is 11.3. The predicted molar refractivity (Wildman–Crippen MR) is 77.3 cm³/mol. The van der Waals surface area contributed by atoms with Crippen LogP contribution in [0, 0.1) is 5.41 Å². The second-order valence-corrected chi connectivity index (χ2v) is 5.88. The van der Waals surface area contributed by atoms with Gasteiger partial charge >= 0.3 is 0 Å². The third-order valence-corrected chi connectivity index (χ3v) is 2.76. The summed E-state index contributed by atoms with van der Waals surface area (Å²) in [5.41, 5.74) is 9.08. The number of aromatic nitrogens is 1. The van der Waals surface area contributed by atoms with Gasteiger partial charge in [0.2, 0.25) is 0 Å². The molecule has 0 unspecified atom stereocenters. The lowest BCUT2D eigenvalue weighted by Crippen LogP contribution is -2.26. The van der Waals surface area contributed by atoms with Crippen LogP contribution in [-0.4, -0.2) is 11.5 Å². The second kappa shape index (κ2) is 4.94. The molecule has 0 radical (unpaired) electrons. The second-order valence-electron chi connectivity index (χ2n) is 5.88. The molecule has 3 heteroatoms. The van der Waals surface area contributed by atoms with Crippen LogP contribution in [0.25, 0.3) is 10.9 Å². The molecular weight excluding hydrogens is 222 g/mol. The molecule has 96 valence electrons. The normalized spacial score (nSPS) is 11.9. The smallest absolute Gasteiger partial charge is 0.0726 e. The Morgan fingerprint density at radius 2 is 1.94 bits per heavy atom. The molecule has 0 fully saturated rings. The van der Waals surface area contributed by atoms with Gasteiger partial charge in [-0.15, -0.1) is 0 Å². The number of hydrogen-bond acceptors (Lipinski definition) is 3. The van der Waals surface area contributed by atoms with E-state index >= 15 is 0 Å². The summed E-state index contributed by atoms with van der Waals surface area (Å²) in [7, 11) is 0. The van der Waals surface area contributed by atoms with Gasteiger partial charge in [-0.2, -0.15) is 0 Å². The quantitative estimate of drug-likeness (QED) is 0.871. The molecule has 0 aliphatic carbocycles. The van der Waals surface area contributed by atoms with Gasteiger partial charge in [0.05, 0.1) is 11.2 Å². The Morgan fingerprint density at radius 3 is 2.67 bits per heavy atom. The Morgan fingerprint density at radius 1 is 1.22 bits per heavy atom. The molecule has 0 atom stereocenters. The Bertz CT molecular complexity index is 541. The maximum atomic E-state index is 6.05. The average molecular weight is 243 g/mol. The predicted octanol–water partition coefficient (Wildman–Crippen LogP) is 2.95. The van der Waals surface area contributed by atoms with Crippen molar-refractivity contribution in [2.24, 2.45) is 5.41 Å². The van der Waals surface area contributed by atoms with Crippen molar-refractivity contribution in [2.75, 3.05) is 12.3 Å². The van der Waals surface area contributed by atoms with E-state index in [2.05, 4.69) is 31.1 Å². The van der Waals surface area contributed by atoms with Crippen molar-refractivity contribution in [1.29, 1.82) is 0 Å². The molecule has 0 bridgehead atoms. The van der Waals surface area contributed by atoms with Crippen LogP contribution >= 0.6 is 0 Å². The third kappa shape index (κ3) is 3.20. The largest absolute Gasteiger partial charge is 0.398 e. The first kappa shape index (κ1) is 12.8. The van der Waals surface area contributed by atoms with E-state index in [1.807, 2.05) is 30.3 Å². The number of nitrogens with zero attached hydrogens (tertiary/aromatic N) is 1. The van der Waals surface area contributed by atoms with Crippen molar-refractivity contribution < 1.29 is 0 Å². The van der Waals surface area contributed by atoms with Crippen LogP contribution in [0.2, 0.25) is 0 Å². The Balaban J connectivity index is 2.15. The summed E-state index contributed by atoms with van der Waals surface area (Å²) in [5.74, 6) is 0. The summed E-state index contributed by atoms with van der Waals surface area (Å²) in [5, 5.41) is 4.44. The topological polar surface area (TPSA) is 50.9 Å². The summed E-state index contributed by atoms with van der Waals surface area (Å²) in [6, 6.07) is 9.93. The SMILES string of the molecule is CC(C)(C)CNCc1cc(N)c2ccccc2n1. The van der Waals surface area contributed by atoms with Crippen LogP contribution < -0.4 is 11.1 Å². The molecule has 2 rings (SSSR count). The molecule has 0 spiro atoms. The van der Waals surface area contributed by atoms with E-state index in [0.29, 0.717) is 0 Å². The van der Waals surface area contributed by atoms with Gasteiger partial charge in [-0.1, -0.05) is 39.0 Å². The number of rotatable bonds is 3. The highest BCUT2D eigenvalue weighted by molar-refractivity contribution is 5.90. The Kier molecular flexibility index (Phi) is 3.53. The fraction of sp³-hybridized carbons (Fsp3) is 0.400. The molecule has 18 heavy (non-hydrogen) atoms. The fourth-order valence-electron chi connectivity index (χ4n) is 1.92. The van der Waals surface area contributed by atoms with Crippen molar-refractivity contribution in [1.82, 2.24) is 10.3 Å². The number of nitrogens with one attached hydrogen (secondary N) is 1. The van der Waals surface area contributed by atoms with Crippen molar-refractivity contribution in [2.45, 2.75) is 27.3 Å². The molecule has 0 saturated heterocycles. The van der Waals surface area contributed by atoms with Crippen molar-refractivity contribution in [3.05, 3.63) is 36.0 Å². The van der Waals surface area contributed by atoms with Crippen LogP contribution in [0.15, 0.2) is 30.3 Å². The van der Waals surface area contributed by atoms with Gasteiger partial charge in [-0.25, -0.2) is 0 Å². The number of para-hydroxylation sites is 1. The van der Waals surface area contributed by atoms with E-state index in [9.17, 15) is 0 Å². The van der Waals surface area contributed by atoms with Crippen LogP contribution in [0.3, 0.4) is 0 Å². The number of pyridine rings is 1. The molecular formula is C15H21N3. The number of anilines is 1. The Labute approximate surface area is 108 Å². The fourth-order valence-corrected chi connectivity index (χ4v) is 1.92. The van der Waals surface area contributed by atoms with Gasteiger partial charge in [0, 0.05) is 24.2 Å². The van der Waals surface area contributed by atoms with E-state index in [-0.39, 0.29) is 5.41 Å². The minimum atomic E-state index is 0.280. The van der Waals surface area contributed by atoms with Gasteiger partial charge in [-0.3, -0.25) is 4.98 Å². The van der Waals surface area contributed by atoms with Gasteiger partial charge < -0.3 is 11.1 Å². The number of benzene rings is 1. The number of fused-ring (bicyclic) bond motifs is 1. The van der Waals surface area contributed by atoms with Crippen molar-refractivity contribution in [3.63, 3.8) is 0 Å². The van der Waals surface area contributed by atoms with Crippen molar-refractivity contribution in [3.8, 4) is 0 Å². The highest BCUT2D eigenvalue weighted by Crippen LogP contribution is 2.20. The van der Waals surface area contributed by atoms with Crippen LogP contribution in [0.4, 0.5) is 5.69 Å². The maximum absolute atomic E-state index is 6.05. The summed E-state index contributed by atoms with van der Waals surface area (Å²) in [4.78, 5) is 4.61. The van der Waals surface area contributed by atoms with Gasteiger partial charge in [0.25, 0.3) is 0 Å². The van der Waals surface area contributed by atoms with Gasteiger partial charge in [0.1, 0.15) is 0 Å². The van der Waals surface area contributed by atoms with E-state index in [1.54, 1.807) is 0 Å².